The molecule has 6 heteroatoms. The van der Waals surface area contributed by atoms with Crippen LogP contribution in [0.1, 0.15) is 35.7 Å². The van der Waals surface area contributed by atoms with Gasteiger partial charge in [-0.3, -0.25) is 9.69 Å². The van der Waals surface area contributed by atoms with Crippen LogP contribution in [0.3, 0.4) is 0 Å². The number of benzene rings is 1. The molecule has 24 heavy (non-hydrogen) atoms. The second-order valence-corrected chi connectivity index (χ2v) is 6.46. The molecule has 2 heterocycles. The number of likely N-dealkylation sites (tertiary alicyclic amines) is 1. The molecule has 1 N–H and O–H groups in total. The molecule has 130 valence electrons. The lowest BCUT2D eigenvalue weighted by Crippen LogP contribution is -2.44. The maximum atomic E-state index is 12.1. The molecule has 2 bridgehead atoms. The third-order valence-corrected chi connectivity index (χ3v) is 4.49. The van der Waals surface area contributed by atoms with Crippen LogP contribution in [0.4, 0.5) is 0 Å². The highest BCUT2D eigenvalue weighted by atomic mass is 16.5. The number of amides is 1. The summed E-state index contributed by atoms with van der Waals surface area (Å²) in [6, 6.07) is 7.11. The summed E-state index contributed by atoms with van der Waals surface area (Å²) in [6.45, 7) is 4.96. The molecule has 2 aliphatic rings. The largest absolute Gasteiger partial charge is 0.461 e. The summed E-state index contributed by atoms with van der Waals surface area (Å²) < 4.78 is 11.2. The SMILES string of the molecule is CC(=O)NCc1ccc(C(=O)OCCN2CC3CCC(C2)O3)cc1. The van der Waals surface area contributed by atoms with E-state index in [0.29, 0.717) is 30.9 Å². The van der Waals surface area contributed by atoms with Crippen LogP contribution >= 0.6 is 0 Å². The van der Waals surface area contributed by atoms with Gasteiger partial charge in [0.1, 0.15) is 6.61 Å². The van der Waals surface area contributed by atoms with Crippen molar-refractivity contribution in [3.63, 3.8) is 0 Å². The molecule has 0 radical (unpaired) electrons. The Hall–Kier alpha value is -1.92. The van der Waals surface area contributed by atoms with Crippen LogP contribution in [0.2, 0.25) is 0 Å². The lowest BCUT2D eigenvalue weighted by atomic mass is 10.1. The van der Waals surface area contributed by atoms with Gasteiger partial charge in [-0.15, -0.1) is 0 Å². The van der Waals surface area contributed by atoms with E-state index in [2.05, 4.69) is 10.2 Å². The zero-order valence-electron chi connectivity index (χ0n) is 14.0. The Morgan fingerprint density at radius 3 is 2.50 bits per heavy atom. The molecule has 0 saturated carbocycles. The topological polar surface area (TPSA) is 67.9 Å². The van der Waals surface area contributed by atoms with Crippen molar-refractivity contribution in [2.24, 2.45) is 0 Å². The van der Waals surface area contributed by atoms with Crippen LogP contribution in [0.5, 0.6) is 0 Å². The number of fused-ring (bicyclic) bond motifs is 2. The number of hydrogen-bond donors (Lipinski definition) is 1. The number of nitrogens with zero attached hydrogens (tertiary/aromatic N) is 1. The molecular formula is C18H24N2O4. The van der Waals surface area contributed by atoms with Crippen LogP contribution in [-0.4, -0.2) is 55.2 Å². The lowest BCUT2D eigenvalue weighted by Gasteiger charge is -2.31. The minimum Gasteiger partial charge on any atom is -0.461 e. The van der Waals surface area contributed by atoms with Crippen molar-refractivity contribution in [2.45, 2.75) is 38.5 Å². The maximum absolute atomic E-state index is 12.1. The number of hydrogen-bond acceptors (Lipinski definition) is 5. The zero-order valence-corrected chi connectivity index (χ0v) is 14.0. The fraction of sp³-hybridized carbons (Fsp3) is 0.556. The van der Waals surface area contributed by atoms with Crippen molar-refractivity contribution < 1.29 is 19.1 Å². The summed E-state index contributed by atoms with van der Waals surface area (Å²) in [6.07, 6.45) is 3.00. The monoisotopic (exact) mass is 332 g/mol. The van der Waals surface area contributed by atoms with Gasteiger partial charge >= 0.3 is 5.97 Å². The Labute approximate surface area is 142 Å². The van der Waals surface area contributed by atoms with E-state index in [0.717, 1.165) is 38.0 Å². The van der Waals surface area contributed by atoms with E-state index in [9.17, 15) is 9.59 Å². The van der Waals surface area contributed by atoms with Crippen LogP contribution in [0.25, 0.3) is 0 Å². The van der Waals surface area contributed by atoms with Gasteiger partial charge in [-0.25, -0.2) is 4.79 Å². The molecule has 2 atom stereocenters. The Morgan fingerprint density at radius 1 is 1.21 bits per heavy atom. The summed E-state index contributed by atoms with van der Waals surface area (Å²) in [5, 5.41) is 2.72. The average Bonchev–Trinajstić information content (AvgIpc) is 2.92. The van der Waals surface area contributed by atoms with Crippen molar-refractivity contribution in [3.05, 3.63) is 35.4 Å². The first-order chi connectivity index (χ1) is 11.6. The van der Waals surface area contributed by atoms with Crippen molar-refractivity contribution in [2.75, 3.05) is 26.2 Å². The van der Waals surface area contributed by atoms with E-state index in [1.54, 1.807) is 12.1 Å². The van der Waals surface area contributed by atoms with Gasteiger partial charge in [0.05, 0.1) is 17.8 Å². The first kappa shape index (κ1) is 16.9. The van der Waals surface area contributed by atoms with E-state index in [1.165, 1.54) is 6.92 Å². The van der Waals surface area contributed by atoms with Gasteiger partial charge in [-0.1, -0.05) is 12.1 Å². The summed E-state index contributed by atoms with van der Waals surface area (Å²) in [7, 11) is 0. The minimum absolute atomic E-state index is 0.0740. The van der Waals surface area contributed by atoms with Gasteiger partial charge in [0.25, 0.3) is 0 Å². The van der Waals surface area contributed by atoms with Crippen molar-refractivity contribution in [1.82, 2.24) is 10.2 Å². The smallest absolute Gasteiger partial charge is 0.338 e. The summed E-state index contributed by atoms with van der Waals surface area (Å²) in [4.78, 5) is 25.3. The molecule has 2 fully saturated rings. The number of nitrogens with one attached hydrogen (secondary N) is 1. The third-order valence-electron chi connectivity index (χ3n) is 4.49. The van der Waals surface area contributed by atoms with Gasteiger partial charge in [0.15, 0.2) is 0 Å². The number of rotatable bonds is 6. The summed E-state index contributed by atoms with van der Waals surface area (Å²) in [5.74, 6) is -0.382. The molecular weight excluding hydrogens is 308 g/mol. The second-order valence-electron chi connectivity index (χ2n) is 6.46. The minimum atomic E-state index is -0.308. The van der Waals surface area contributed by atoms with Gasteiger partial charge in [-0.2, -0.15) is 0 Å². The van der Waals surface area contributed by atoms with Crippen LogP contribution in [0, 0.1) is 0 Å². The molecule has 1 aromatic rings. The fourth-order valence-corrected chi connectivity index (χ4v) is 3.22. The average molecular weight is 332 g/mol. The number of carbonyl (C=O) groups excluding carboxylic acids is 2. The van der Waals surface area contributed by atoms with Gasteiger partial charge < -0.3 is 14.8 Å². The van der Waals surface area contributed by atoms with Crippen molar-refractivity contribution in [3.8, 4) is 0 Å². The predicted molar refractivity (Wildman–Crippen MR) is 88.6 cm³/mol. The van der Waals surface area contributed by atoms with Gasteiger partial charge in [0, 0.05) is 33.1 Å². The number of ether oxygens (including phenoxy) is 2. The van der Waals surface area contributed by atoms with E-state index >= 15 is 0 Å². The lowest BCUT2D eigenvalue weighted by molar-refractivity contribution is -0.119. The third kappa shape index (κ3) is 4.55. The number of morpholine rings is 1. The molecule has 1 amide bonds. The zero-order chi connectivity index (χ0) is 16.9. The standard InChI is InChI=1S/C18H24N2O4/c1-13(21)19-10-14-2-4-15(5-3-14)18(22)23-9-8-20-11-16-6-7-17(12-20)24-16/h2-5,16-17H,6-12H2,1H3,(H,19,21). The molecule has 0 spiro atoms. The van der Waals surface area contributed by atoms with E-state index in [1.807, 2.05) is 12.1 Å². The predicted octanol–water partition coefficient (Wildman–Crippen LogP) is 1.34. The highest BCUT2D eigenvalue weighted by molar-refractivity contribution is 5.89. The molecule has 6 nitrogen and oxygen atoms in total. The first-order valence-corrected chi connectivity index (χ1v) is 8.48. The molecule has 2 aliphatic heterocycles. The Kier molecular flexibility index (Phi) is 5.48. The Bertz CT molecular complexity index is 575. The quantitative estimate of drug-likeness (QED) is 0.796. The molecule has 2 unspecified atom stereocenters. The molecule has 0 aromatic heterocycles. The summed E-state index contributed by atoms with van der Waals surface area (Å²) >= 11 is 0. The molecule has 3 rings (SSSR count). The first-order valence-electron chi connectivity index (χ1n) is 8.48. The molecule has 1 aromatic carbocycles. The fourth-order valence-electron chi connectivity index (χ4n) is 3.22. The second kappa shape index (κ2) is 7.77. The Morgan fingerprint density at radius 2 is 1.88 bits per heavy atom. The summed E-state index contributed by atoms with van der Waals surface area (Å²) in [5.41, 5.74) is 1.48. The van der Waals surface area contributed by atoms with Gasteiger partial charge in [0.2, 0.25) is 5.91 Å². The van der Waals surface area contributed by atoms with Crippen molar-refractivity contribution in [1.29, 1.82) is 0 Å². The highest BCUT2D eigenvalue weighted by Crippen LogP contribution is 2.25. The van der Waals surface area contributed by atoms with Gasteiger partial charge in [-0.05, 0) is 30.5 Å². The normalized spacial score (nSPS) is 23.0. The highest BCUT2D eigenvalue weighted by Gasteiger charge is 2.33. The van der Waals surface area contributed by atoms with E-state index in [4.69, 9.17) is 9.47 Å². The van der Waals surface area contributed by atoms with Crippen molar-refractivity contribution >= 4 is 11.9 Å². The maximum Gasteiger partial charge on any atom is 0.338 e. The number of esters is 1. The van der Waals surface area contributed by atoms with E-state index < -0.39 is 0 Å². The molecule has 2 saturated heterocycles. The van der Waals surface area contributed by atoms with Crippen LogP contribution in [0.15, 0.2) is 24.3 Å². The van der Waals surface area contributed by atoms with Crippen LogP contribution < -0.4 is 5.32 Å². The number of carbonyl (C=O) groups is 2. The Balaban J connectivity index is 1.41. The van der Waals surface area contributed by atoms with E-state index in [-0.39, 0.29) is 11.9 Å². The molecule has 0 aliphatic carbocycles. The van der Waals surface area contributed by atoms with Crippen LogP contribution in [-0.2, 0) is 20.8 Å².